The maximum atomic E-state index is 11.5. The summed E-state index contributed by atoms with van der Waals surface area (Å²) < 4.78 is 22.7. The van der Waals surface area contributed by atoms with Crippen molar-refractivity contribution in [2.24, 2.45) is 0 Å². The molecular formula is C10H17N3O6S. The second kappa shape index (κ2) is 7.20. The maximum absolute atomic E-state index is 11.5. The normalized spacial score (nSPS) is 20.9. The molecule has 9 nitrogen and oxygen atoms in total. The van der Waals surface area contributed by atoms with Crippen LogP contribution >= 0.6 is 0 Å². The van der Waals surface area contributed by atoms with E-state index in [0.717, 1.165) is 0 Å². The standard InChI is InChI=1S/C10H17N3O6S/c14-8(12-4-9(15)13-5-10(16)17)3-7-6-20(18,19)2-1-11-7/h7,11H,1-6H2,(H,12,14)(H,13,15)(H,16,17). The molecule has 1 aliphatic rings. The molecule has 0 spiro atoms. The first-order valence-electron chi connectivity index (χ1n) is 5.97. The largest absolute Gasteiger partial charge is 0.480 e. The second-order valence-corrected chi connectivity index (χ2v) is 6.65. The van der Waals surface area contributed by atoms with Crippen LogP contribution in [0.25, 0.3) is 0 Å². The average molecular weight is 307 g/mol. The number of rotatable bonds is 6. The van der Waals surface area contributed by atoms with Crippen LogP contribution in [0.3, 0.4) is 0 Å². The zero-order chi connectivity index (χ0) is 15.2. The van der Waals surface area contributed by atoms with Crippen molar-refractivity contribution in [1.82, 2.24) is 16.0 Å². The first-order valence-corrected chi connectivity index (χ1v) is 7.79. The van der Waals surface area contributed by atoms with E-state index in [9.17, 15) is 22.8 Å². The van der Waals surface area contributed by atoms with Crippen LogP contribution in [0.5, 0.6) is 0 Å². The van der Waals surface area contributed by atoms with E-state index in [1.165, 1.54) is 0 Å². The molecular weight excluding hydrogens is 290 g/mol. The Morgan fingerprint density at radius 1 is 1.15 bits per heavy atom. The van der Waals surface area contributed by atoms with Crippen molar-refractivity contribution in [2.75, 3.05) is 31.1 Å². The van der Waals surface area contributed by atoms with Gasteiger partial charge in [0.25, 0.3) is 0 Å². The van der Waals surface area contributed by atoms with Crippen LogP contribution in [-0.4, -0.2) is 68.5 Å². The Bertz CT molecular complexity index is 489. The van der Waals surface area contributed by atoms with Crippen LogP contribution in [-0.2, 0) is 24.2 Å². The minimum Gasteiger partial charge on any atom is -0.480 e. The molecule has 20 heavy (non-hydrogen) atoms. The van der Waals surface area contributed by atoms with E-state index in [0.29, 0.717) is 6.54 Å². The summed E-state index contributed by atoms with van der Waals surface area (Å²) in [7, 11) is -3.11. The molecule has 1 rings (SSSR count). The molecule has 114 valence electrons. The van der Waals surface area contributed by atoms with Crippen molar-refractivity contribution >= 4 is 27.6 Å². The summed E-state index contributed by atoms with van der Waals surface area (Å²) in [5.74, 6) is -2.31. The fourth-order valence-electron chi connectivity index (χ4n) is 1.71. The highest BCUT2D eigenvalue weighted by Gasteiger charge is 2.25. The molecule has 2 amide bonds. The second-order valence-electron chi connectivity index (χ2n) is 4.42. The quantitative estimate of drug-likeness (QED) is 0.412. The van der Waals surface area contributed by atoms with Gasteiger partial charge in [0.05, 0.1) is 18.1 Å². The van der Waals surface area contributed by atoms with Gasteiger partial charge < -0.3 is 21.1 Å². The fraction of sp³-hybridized carbons (Fsp3) is 0.700. The molecule has 0 aromatic carbocycles. The predicted octanol–water partition coefficient (Wildman–Crippen LogP) is -2.92. The van der Waals surface area contributed by atoms with Gasteiger partial charge in [-0.05, 0) is 0 Å². The van der Waals surface area contributed by atoms with Crippen LogP contribution in [0.2, 0.25) is 0 Å². The summed E-state index contributed by atoms with van der Waals surface area (Å²) in [5.41, 5.74) is 0. The number of aliphatic carboxylic acids is 1. The van der Waals surface area contributed by atoms with E-state index in [4.69, 9.17) is 5.11 Å². The van der Waals surface area contributed by atoms with E-state index in [2.05, 4.69) is 16.0 Å². The molecule has 4 N–H and O–H groups in total. The van der Waals surface area contributed by atoms with Gasteiger partial charge in [0.15, 0.2) is 9.84 Å². The third-order valence-electron chi connectivity index (χ3n) is 2.62. The van der Waals surface area contributed by atoms with Crippen LogP contribution in [0, 0.1) is 0 Å². The van der Waals surface area contributed by atoms with E-state index in [1.807, 2.05) is 0 Å². The van der Waals surface area contributed by atoms with Crippen LogP contribution in [0.15, 0.2) is 0 Å². The molecule has 0 aromatic rings. The van der Waals surface area contributed by atoms with E-state index in [-0.39, 0.29) is 24.5 Å². The number of carbonyl (C=O) groups is 3. The summed E-state index contributed by atoms with van der Waals surface area (Å²) in [4.78, 5) is 32.9. The molecule has 1 fully saturated rings. The molecule has 10 heteroatoms. The number of carbonyl (C=O) groups excluding carboxylic acids is 2. The average Bonchev–Trinajstić information content (AvgIpc) is 2.32. The molecule has 0 aromatic heterocycles. The fourth-order valence-corrected chi connectivity index (χ4v) is 3.15. The number of nitrogens with one attached hydrogen (secondary N) is 3. The Balaban J connectivity index is 2.26. The summed E-state index contributed by atoms with van der Waals surface area (Å²) >= 11 is 0. The lowest BCUT2D eigenvalue weighted by molar-refractivity contribution is -0.137. The van der Waals surface area contributed by atoms with Crippen LogP contribution in [0.4, 0.5) is 0 Å². The Morgan fingerprint density at radius 3 is 2.40 bits per heavy atom. The zero-order valence-corrected chi connectivity index (χ0v) is 11.5. The van der Waals surface area contributed by atoms with Gasteiger partial charge in [-0.3, -0.25) is 14.4 Å². The lowest BCUT2D eigenvalue weighted by Crippen LogP contribution is -2.48. The van der Waals surface area contributed by atoms with Crippen molar-refractivity contribution in [3.63, 3.8) is 0 Å². The zero-order valence-electron chi connectivity index (χ0n) is 10.7. The van der Waals surface area contributed by atoms with Gasteiger partial charge >= 0.3 is 5.97 Å². The predicted molar refractivity (Wildman–Crippen MR) is 68.7 cm³/mol. The Kier molecular flexibility index (Phi) is 5.89. The van der Waals surface area contributed by atoms with Crippen molar-refractivity contribution in [3.05, 3.63) is 0 Å². The number of sulfone groups is 1. The van der Waals surface area contributed by atoms with Gasteiger partial charge in [0.1, 0.15) is 6.54 Å². The number of carboxylic acids is 1. The van der Waals surface area contributed by atoms with Gasteiger partial charge in [-0.15, -0.1) is 0 Å². The topological polar surface area (TPSA) is 142 Å². The van der Waals surface area contributed by atoms with Gasteiger partial charge in [-0.2, -0.15) is 0 Å². The monoisotopic (exact) mass is 307 g/mol. The van der Waals surface area contributed by atoms with Crippen LogP contribution in [0.1, 0.15) is 6.42 Å². The van der Waals surface area contributed by atoms with Gasteiger partial charge in [0.2, 0.25) is 11.8 Å². The SMILES string of the molecule is O=C(O)CNC(=O)CNC(=O)CC1CS(=O)(=O)CCN1. The minimum atomic E-state index is -3.11. The first-order chi connectivity index (χ1) is 9.28. The summed E-state index contributed by atoms with van der Waals surface area (Å²) in [6.45, 7) is -0.553. The number of hydrogen-bond donors (Lipinski definition) is 4. The van der Waals surface area contributed by atoms with Crippen molar-refractivity contribution < 1.29 is 27.9 Å². The van der Waals surface area contributed by atoms with E-state index < -0.39 is 40.2 Å². The van der Waals surface area contributed by atoms with Crippen LogP contribution < -0.4 is 16.0 Å². The first kappa shape index (κ1) is 16.4. The van der Waals surface area contributed by atoms with Gasteiger partial charge in [-0.25, -0.2) is 8.42 Å². The summed E-state index contributed by atoms with van der Waals surface area (Å²) in [6, 6.07) is -0.462. The number of amides is 2. The number of hydrogen-bond acceptors (Lipinski definition) is 6. The Labute approximate surface area is 116 Å². The van der Waals surface area contributed by atoms with Gasteiger partial charge in [-0.1, -0.05) is 0 Å². The maximum Gasteiger partial charge on any atom is 0.322 e. The van der Waals surface area contributed by atoms with E-state index in [1.54, 1.807) is 0 Å². The third-order valence-corrected chi connectivity index (χ3v) is 4.35. The van der Waals surface area contributed by atoms with Crippen molar-refractivity contribution in [1.29, 1.82) is 0 Å². The molecule has 1 atom stereocenters. The van der Waals surface area contributed by atoms with Crippen molar-refractivity contribution in [2.45, 2.75) is 12.5 Å². The lowest BCUT2D eigenvalue weighted by Gasteiger charge is -2.23. The molecule has 0 aliphatic carbocycles. The highest BCUT2D eigenvalue weighted by atomic mass is 32.2. The molecule has 0 radical (unpaired) electrons. The molecule has 0 bridgehead atoms. The molecule has 0 saturated carbocycles. The van der Waals surface area contributed by atoms with Crippen molar-refractivity contribution in [3.8, 4) is 0 Å². The van der Waals surface area contributed by atoms with E-state index >= 15 is 0 Å². The highest BCUT2D eigenvalue weighted by Crippen LogP contribution is 2.04. The third kappa shape index (κ3) is 6.48. The molecule has 1 heterocycles. The Hall–Kier alpha value is -1.68. The lowest BCUT2D eigenvalue weighted by atomic mass is 10.2. The highest BCUT2D eigenvalue weighted by molar-refractivity contribution is 7.91. The number of carboxylic acid groups (broad SMARTS) is 1. The molecule has 1 aliphatic heterocycles. The Morgan fingerprint density at radius 2 is 1.80 bits per heavy atom. The molecule has 1 unspecified atom stereocenters. The minimum absolute atomic E-state index is 0.0502. The summed E-state index contributed by atoms with van der Waals surface area (Å²) in [5, 5.41) is 15.6. The van der Waals surface area contributed by atoms with Gasteiger partial charge in [0, 0.05) is 19.0 Å². The molecule has 1 saturated heterocycles. The summed E-state index contributed by atoms with van der Waals surface area (Å²) in [6.07, 6.45) is -0.0502. The smallest absolute Gasteiger partial charge is 0.322 e.